The minimum absolute atomic E-state index is 0.0790. The van der Waals surface area contributed by atoms with Crippen molar-refractivity contribution in [1.82, 2.24) is 14.5 Å². The molecular weight excluding hydrogens is 235 g/mol. The quantitative estimate of drug-likeness (QED) is 0.805. The van der Waals surface area contributed by atoms with Crippen molar-refractivity contribution >= 4 is 16.8 Å². The summed E-state index contributed by atoms with van der Waals surface area (Å²) in [7, 11) is 1.56. The SMILES string of the molecule is Cn1c(CC(=O)C(F)(F)F)nc2cnccc21. The number of hydrogen-bond acceptors (Lipinski definition) is 3. The highest BCUT2D eigenvalue weighted by atomic mass is 19.4. The van der Waals surface area contributed by atoms with E-state index in [1.807, 2.05) is 0 Å². The number of carbonyl (C=O) groups is 1. The molecule has 0 spiro atoms. The van der Waals surface area contributed by atoms with Gasteiger partial charge in [0, 0.05) is 13.2 Å². The molecule has 17 heavy (non-hydrogen) atoms. The summed E-state index contributed by atoms with van der Waals surface area (Å²) in [5.41, 5.74) is 1.12. The lowest BCUT2D eigenvalue weighted by Gasteiger charge is -2.04. The third kappa shape index (κ3) is 2.13. The molecule has 0 saturated carbocycles. The van der Waals surface area contributed by atoms with Crippen LogP contribution in [0.3, 0.4) is 0 Å². The molecule has 0 bridgehead atoms. The molecule has 2 aromatic heterocycles. The van der Waals surface area contributed by atoms with Crippen molar-refractivity contribution in [2.24, 2.45) is 7.05 Å². The van der Waals surface area contributed by atoms with E-state index in [-0.39, 0.29) is 5.82 Å². The number of Topliss-reactive ketones (excluding diaryl/α,β-unsaturated/α-hetero) is 1. The second-order valence-corrected chi connectivity index (χ2v) is 3.55. The van der Waals surface area contributed by atoms with E-state index in [2.05, 4.69) is 9.97 Å². The van der Waals surface area contributed by atoms with Crippen LogP contribution >= 0.6 is 0 Å². The molecule has 0 aliphatic rings. The van der Waals surface area contributed by atoms with Crippen LogP contribution in [0.4, 0.5) is 13.2 Å². The summed E-state index contributed by atoms with van der Waals surface area (Å²) < 4.78 is 37.8. The first-order valence-electron chi connectivity index (χ1n) is 4.75. The van der Waals surface area contributed by atoms with Crippen LogP contribution in [0.1, 0.15) is 5.82 Å². The third-order valence-corrected chi connectivity index (χ3v) is 2.41. The van der Waals surface area contributed by atoms with Gasteiger partial charge in [-0.3, -0.25) is 9.78 Å². The van der Waals surface area contributed by atoms with Crippen LogP contribution in [0.5, 0.6) is 0 Å². The van der Waals surface area contributed by atoms with Gasteiger partial charge >= 0.3 is 6.18 Å². The molecule has 0 fully saturated rings. The zero-order chi connectivity index (χ0) is 12.6. The maximum absolute atomic E-state index is 12.1. The van der Waals surface area contributed by atoms with Crippen molar-refractivity contribution in [3.05, 3.63) is 24.3 Å². The van der Waals surface area contributed by atoms with E-state index in [4.69, 9.17) is 0 Å². The Kier molecular flexibility index (Phi) is 2.60. The number of imidazole rings is 1. The fourth-order valence-corrected chi connectivity index (χ4v) is 1.50. The van der Waals surface area contributed by atoms with E-state index in [0.717, 1.165) is 0 Å². The van der Waals surface area contributed by atoms with Crippen LogP contribution in [0, 0.1) is 0 Å². The summed E-state index contributed by atoms with van der Waals surface area (Å²) in [5.74, 6) is -1.72. The molecule has 0 aliphatic heterocycles. The number of carbonyl (C=O) groups excluding carboxylic acids is 1. The van der Waals surface area contributed by atoms with Gasteiger partial charge in [-0.15, -0.1) is 0 Å². The van der Waals surface area contributed by atoms with E-state index in [0.29, 0.717) is 11.0 Å². The summed E-state index contributed by atoms with van der Waals surface area (Å²) in [6.45, 7) is 0. The largest absolute Gasteiger partial charge is 0.450 e. The molecule has 0 amide bonds. The fraction of sp³-hybridized carbons (Fsp3) is 0.300. The smallest absolute Gasteiger partial charge is 0.331 e. The Labute approximate surface area is 94.1 Å². The Morgan fingerprint density at radius 3 is 2.76 bits per heavy atom. The standard InChI is InChI=1S/C10H8F3N3O/c1-16-7-2-3-14-5-6(7)15-9(16)4-8(17)10(11,12)13/h2-3,5H,4H2,1H3. The van der Waals surface area contributed by atoms with E-state index < -0.39 is 18.4 Å². The van der Waals surface area contributed by atoms with Gasteiger partial charge in [0.15, 0.2) is 0 Å². The molecule has 0 N–H and O–H groups in total. The van der Waals surface area contributed by atoms with Gasteiger partial charge < -0.3 is 4.57 Å². The molecule has 0 saturated heterocycles. The average Bonchev–Trinajstić information content (AvgIpc) is 2.55. The second kappa shape index (κ2) is 3.83. The van der Waals surface area contributed by atoms with Gasteiger partial charge in [0.1, 0.15) is 11.3 Å². The van der Waals surface area contributed by atoms with Crippen LogP contribution in [0.25, 0.3) is 11.0 Å². The van der Waals surface area contributed by atoms with E-state index in [1.54, 1.807) is 13.1 Å². The van der Waals surface area contributed by atoms with E-state index in [1.165, 1.54) is 17.0 Å². The van der Waals surface area contributed by atoms with Crippen molar-refractivity contribution in [2.45, 2.75) is 12.6 Å². The summed E-state index contributed by atoms with van der Waals surface area (Å²) >= 11 is 0. The Morgan fingerprint density at radius 2 is 2.18 bits per heavy atom. The first-order valence-corrected chi connectivity index (χ1v) is 4.75. The monoisotopic (exact) mass is 243 g/mol. The number of fused-ring (bicyclic) bond motifs is 1. The summed E-state index contributed by atoms with van der Waals surface area (Å²) in [4.78, 5) is 18.6. The summed E-state index contributed by atoms with van der Waals surface area (Å²) in [5, 5.41) is 0. The van der Waals surface area contributed by atoms with Gasteiger partial charge in [-0.25, -0.2) is 4.98 Å². The lowest BCUT2D eigenvalue weighted by molar-refractivity contribution is -0.170. The Balaban J connectivity index is 2.37. The summed E-state index contributed by atoms with van der Waals surface area (Å²) in [6, 6.07) is 1.63. The normalized spacial score (nSPS) is 12.0. The van der Waals surface area contributed by atoms with Gasteiger partial charge in [-0.2, -0.15) is 13.2 Å². The Hall–Kier alpha value is -1.92. The molecule has 0 atom stereocenters. The molecule has 0 unspecified atom stereocenters. The summed E-state index contributed by atoms with van der Waals surface area (Å²) in [6.07, 6.45) is -2.62. The molecule has 2 aromatic rings. The molecular formula is C10H8F3N3O. The van der Waals surface area contributed by atoms with Crippen molar-refractivity contribution in [3.63, 3.8) is 0 Å². The second-order valence-electron chi connectivity index (χ2n) is 3.55. The number of ketones is 1. The van der Waals surface area contributed by atoms with Gasteiger partial charge in [0.25, 0.3) is 0 Å². The number of nitrogens with zero attached hydrogens (tertiary/aromatic N) is 3. The number of aromatic nitrogens is 3. The molecule has 4 nitrogen and oxygen atoms in total. The number of aryl methyl sites for hydroxylation is 1. The number of rotatable bonds is 2. The van der Waals surface area contributed by atoms with Crippen LogP contribution in [-0.4, -0.2) is 26.5 Å². The number of halogens is 3. The third-order valence-electron chi connectivity index (χ3n) is 2.41. The van der Waals surface area contributed by atoms with Crippen LogP contribution < -0.4 is 0 Å². The van der Waals surface area contributed by atoms with Crippen LogP contribution in [0.2, 0.25) is 0 Å². The van der Waals surface area contributed by atoms with Crippen molar-refractivity contribution in [3.8, 4) is 0 Å². The molecule has 7 heteroatoms. The average molecular weight is 243 g/mol. The van der Waals surface area contributed by atoms with Gasteiger partial charge in [0.2, 0.25) is 5.78 Å². The van der Waals surface area contributed by atoms with E-state index >= 15 is 0 Å². The van der Waals surface area contributed by atoms with Crippen LogP contribution in [0.15, 0.2) is 18.5 Å². The van der Waals surface area contributed by atoms with Gasteiger partial charge in [-0.1, -0.05) is 0 Å². The molecule has 2 heterocycles. The zero-order valence-electron chi connectivity index (χ0n) is 8.82. The number of hydrogen-bond donors (Lipinski definition) is 0. The Morgan fingerprint density at radius 1 is 1.47 bits per heavy atom. The maximum atomic E-state index is 12.1. The first kappa shape index (κ1) is 11.6. The molecule has 0 radical (unpaired) electrons. The van der Waals surface area contributed by atoms with Crippen molar-refractivity contribution < 1.29 is 18.0 Å². The fourth-order valence-electron chi connectivity index (χ4n) is 1.50. The maximum Gasteiger partial charge on any atom is 0.450 e. The highest BCUT2D eigenvalue weighted by Crippen LogP contribution is 2.20. The Bertz CT molecular complexity index is 574. The van der Waals surface area contributed by atoms with Gasteiger partial charge in [0.05, 0.1) is 18.1 Å². The van der Waals surface area contributed by atoms with Crippen LogP contribution in [-0.2, 0) is 18.3 Å². The van der Waals surface area contributed by atoms with Crippen molar-refractivity contribution in [1.29, 1.82) is 0 Å². The topological polar surface area (TPSA) is 47.8 Å². The highest BCUT2D eigenvalue weighted by Gasteiger charge is 2.38. The minimum Gasteiger partial charge on any atom is -0.331 e. The minimum atomic E-state index is -4.82. The number of pyridine rings is 1. The predicted molar refractivity (Wildman–Crippen MR) is 53.3 cm³/mol. The molecule has 2 rings (SSSR count). The lowest BCUT2D eigenvalue weighted by Crippen LogP contribution is -2.25. The molecule has 90 valence electrons. The molecule has 0 aliphatic carbocycles. The highest BCUT2D eigenvalue weighted by molar-refractivity contribution is 5.86. The zero-order valence-corrected chi connectivity index (χ0v) is 8.82. The van der Waals surface area contributed by atoms with Crippen molar-refractivity contribution in [2.75, 3.05) is 0 Å². The lowest BCUT2D eigenvalue weighted by atomic mass is 10.2. The van der Waals surface area contributed by atoms with E-state index in [9.17, 15) is 18.0 Å². The predicted octanol–water partition coefficient (Wildman–Crippen LogP) is 1.64. The molecule has 0 aromatic carbocycles. The van der Waals surface area contributed by atoms with Gasteiger partial charge in [-0.05, 0) is 6.07 Å². The first-order chi connectivity index (χ1) is 7.89. The number of alkyl halides is 3.